The first-order valence-corrected chi connectivity index (χ1v) is 7.41. The third kappa shape index (κ3) is 4.75. The molecule has 0 aromatic rings. The van der Waals surface area contributed by atoms with Crippen LogP contribution < -0.4 is 5.73 Å². The number of nitrogens with zero attached hydrogens (tertiary/aromatic N) is 2. The molecule has 1 rings (SSSR count). The highest BCUT2D eigenvalue weighted by atomic mass is 16.5. The number of amides is 1. The molecule has 1 heterocycles. The first-order chi connectivity index (χ1) is 9.13. The molecule has 2 N–H and O–H groups in total. The van der Waals surface area contributed by atoms with Gasteiger partial charge >= 0.3 is 0 Å². The zero-order valence-corrected chi connectivity index (χ0v) is 12.6. The van der Waals surface area contributed by atoms with Crippen LogP contribution in [0.5, 0.6) is 0 Å². The van der Waals surface area contributed by atoms with E-state index in [1.807, 2.05) is 18.7 Å². The number of nitrogens with two attached hydrogens (primary N) is 1. The number of hydrogen-bond acceptors (Lipinski definition) is 4. The summed E-state index contributed by atoms with van der Waals surface area (Å²) < 4.78 is 5.38. The molecule has 19 heavy (non-hydrogen) atoms. The average molecular weight is 271 g/mol. The van der Waals surface area contributed by atoms with Crippen LogP contribution in [0.25, 0.3) is 0 Å². The Morgan fingerprint density at radius 3 is 2.37 bits per heavy atom. The van der Waals surface area contributed by atoms with Gasteiger partial charge in [0.05, 0.1) is 0 Å². The molecule has 1 atom stereocenters. The molecule has 5 heteroatoms. The molecule has 1 unspecified atom stereocenters. The lowest BCUT2D eigenvalue weighted by Gasteiger charge is -2.37. The van der Waals surface area contributed by atoms with E-state index in [-0.39, 0.29) is 11.9 Å². The van der Waals surface area contributed by atoms with Gasteiger partial charge in [0.2, 0.25) is 5.91 Å². The van der Waals surface area contributed by atoms with E-state index in [1.165, 1.54) is 0 Å². The Bertz CT molecular complexity index is 263. The quantitative estimate of drug-likeness (QED) is 0.740. The lowest BCUT2D eigenvalue weighted by Crippen LogP contribution is -2.48. The predicted octanol–water partition coefficient (Wildman–Crippen LogP) is 0.683. The van der Waals surface area contributed by atoms with E-state index in [9.17, 15) is 4.79 Å². The standard InChI is InChI=1S/C14H29N3O2/c1-4-17(5-2)14(18)10-13(11-15)16(3)12-6-8-19-9-7-12/h12-13H,4-11,15H2,1-3H3. The Morgan fingerprint density at radius 1 is 1.32 bits per heavy atom. The fourth-order valence-corrected chi connectivity index (χ4v) is 2.69. The Hall–Kier alpha value is -0.650. The molecule has 0 saturated carbocycles. The first-order valence-electron chi connectivity index (χ1n) is 7.41. The lowest BCUT2D eigenvalue weighted by molar-refractivity contribution is -0.132. The molecular formula is C14H29N3O2. The largest absolute Gasteiger partial charge is 0.381 e. The number of hydrogen-bond donors (Lipinski definition) is 1. The van der Waals surface area contributed by atoms with E-state index in [1.54, 1.807) is 0 Å². The summed E-state index contributed by atoms with van der Waals surface area (Å²) in [6.45, 7) is 7.73. The molecule has 1 aliphatic heterocycles. The topological polar surface area (TPSA) is 58.8 Å². The van der Waals surface area contributed by atoms with Crippen LogP contribution >= 0.6 is 0 Å². The van der Waals surface area contributed by atoms with Crippen LogP contribution in [0.2, 0.25) is 0 Å². The fraction of sp³-hybridized carbons (Fsp3) is 0.929. The van der Waals surface area contributed by atoms with Crippen molar-refractivity contribution < 1.29 is 9.53 Å². The summed E-state index contributed by atoms with van der Waals surface area (Å²) in [5.74, 6) is 0.208. The van der Waals surface area contributed by atoms with Gasteiger partial charge in [0.25, 0.3) is 0 Å². The van der Waals surface area contributed by atoms with Gasteiger partial charge in [-0.05, 0) is 33.7 Å². The molecule has 1 aliphatic rings. The van der Waals surface area contributed by atoms with Gasteiger partial charge in [-0.15, -0.1) is 0 Å². The summed E-state index contributed by atoms with van der Waals surface area (Å²) in [5.41, 5.74) is 5.87. The van der Waals surface area contributed by atoms with Crippen molar-refractivity contribution in [3.05, 3.63) is 0 Å². The Morgan fingerprint density at radius 2 is 1.89 bits per heavy atom. The summed E-state index contributed by atoms with van der Waals surface area (Å²) in [7, 11) is 2.09. The molecule has 112 valence electrons. The van der Waals surface area contributed by atoms with Crippen molar-refractivity contribution in [3.8, 4) is 0 Å². The van der Waals surface area contributed by atoms with E-state index in [4.69, 9.17) is 10.5 Å². The maximum Gasteiger partial charge on any atom is 0.224 e. The smallest absolute Gasteiger partial charge is 0.224 e. The second-order valence-electron chi connectivity index (χ2n) is 5.17. The molecule has 0 radical (unpaired) electrons. The van der Waals surface area contributed by atoms with Crippen LogP contribution in [0.1, 0.15) is 33.1 Å². The minimum Gasteiger partial charge on any atom is -0.381 e. The normalized spacial score (nSPS) is 18.6. The Kier molecular flexibility index (Phi) is 7.34. The number of carbonyl (C=O) groups is 1. The van der Waals surface area contributed by atoms with Crippen LogP contribution in [0, 0.1) is 0 Å². The maximum absolute atomic E-state index is 12.2. The van der Waals surface area contributed by atoms with Gasteiger partial charge in [-0.1, -0.05) is 0 Å². The zero-order chi connectivity index (χ0) is 14.3. The highest BCUT2D eigenvalue weighted by molar-refractivity contribution is 5.76. The third-order valence-corrected chi connectivity index (χ3v) is 4.14. The van der Waals surface area contributed by atoms with Gasteiger partial charge in [0.1, 0.15) is 0 Å². The summed E-state index contributed by atoms with van der Waals surface area (Å²) >= 11 is 0. The van der Waals surface area contributed by atoms with Gasteiger partial charge in [-0.25, -0.2) is 0 Å². The van der Waals surface area contributed by atoms with E-state index >= 15 is 0 Å². The SMILES string of the molecule is CCN(CC)C(=O)CC(CN)N(C)C1CCOCC1. The van der Waals surface area contributed by atoms with E-state index in [2.05, 4.69) is 11.9 Å². The number of likely N-dealkylation sites (N-methyl/N-ethyl adjacent to an activating group) is 1. The number of ether oxygens (including phenoxy) is 1. The monoisotopic (exact) mass is 271 g/mol. The second kappa shape index (κ2) is 8.51. The van der Waals surface area contributed by atoms with Crippen molar-refractivity contribution in [2.45, 2.75) is 45.2 Å². The van der Waals surface area contributed by atoms with E-state index in [0.717, 1.165) is 39.1 Å². The molecule has 0 bridgehead atoms. The molecular weight excluding hydrogens is 242 g/mol. The summed E-state index contributed by atoms with van der Waals surface area (Å²) in [6, 6.07) is 0.628. The molecule has 0 spiro atoms. The summed E-state index contributed by atoms with van der Waals surface area (Å²) in [6.07, 6.45) is 2.59. The van der Waals surface area contributed by atoms with Gasteiger partial charge in [0, 0.05) is 51.4 Å². The first kappa shape index (κ1) is 16.4. The van der Waals surface area contributed by atoms with Crippen LogP contribution in [-0.4, -0.2) is 67.7 Å². The average Bonchev–Trinajstić information content (AvgIpc) is 2.46. The molecule has 1 fully saturated rings. The van der Waals surface area contributed by atoms with Crippen molar-refractivity contribution in [1.29, 1.82) is 0 Å². The van der Waals surface area contributed by atoms with Crippen molar-refractivity contribution in [2.75, 3.05) is 39.9 Å². The lowest BCUT2D eigenvalue weighted by atomic mass is 10.0. The van der Waals surface area contributed by atoms with Gasteiger partial charge < -0.3 is 15.4 Å². The van der Waals surface area contributed by atoms with Gasteiger partial charge in [0.15, 0.2) is 0 Å². The Balaban J connectivity index is 2.53. The summed E-state index contributed by atoms with van der Waals surface area (Å²) in [4.78, 5) is 16.3. The molecule has 5 nitrogen and oxygen atoms in total. The molecule has 0 aromatic carbocycles. The third-order valence-electron chi connectivity index (χ3n) is 4.14. The van der Waals surface area contributed by atoms with Crippen LogP contribution in [0.15, 0.2) is 0 Å². The van der Waals surface area contributed by atoms with Crippen LogP contribution in [0.4, 0.5) is 0 Å². The number of carbonyl (C=O) groups excluding carboxylic acids is 1. The van der Waals surface area contributed by atoms with E-state index < -0.39 is 0 Å². The van der Waals surface area contributed by atoms with Crippen molar-refractivity contribution >= 4 is 5.91 Å². The van der Waals surface area contributed by atoms with Crippen molar-refractivity contribution in [3.63, 3.8) is 0 Å². The minimum atomic E-state index is 0.135. The maximum atomic E-state index is 12.2. The van der Waals surface area contributed by atoms with Crippen molar-refractivity contribution in [2.24, 2.45) is 5.73 Å². The Labute approximate surface area is 117 Å². The molecule has 1 amide bonds. The summed E-state index contributed by atoms with van der Waals surface area (Å²) in [5, 5.41) is 0. The number of rotatable bonds is 7. The highest BCUT2D eigenvalue weighted by Crippen LogP contribution is 2.17. The van der Waals surface area contributed by atoms with Crippen molar-refractivity contribution in [1.82, 2.24) is 9.80 Å². The fourth-order valence-electron chi connectivity index (χ4n) is 2.69. The minimum absolute atomic E-state index is 0.135. The molecule has 0 aromatic heterocycles. The van der Waals surface area contributed by atoms with Gasteiger partial charge in [-0.2, -0.15) is 0 Å². The van der Waals surface area contributed by atoms with Gasteiger partial charge in [-0.3, -0.25) is 9.69 Å². The van der Waals surface area contributed by atoms with Crippen LogP contribution in [-0.2, 0) is 9.53 Å². The van der Waals surface area contributed by atoms with Crippen LogP contribution in [0.3, 0.4) is 0 Å². The highest BCUT2D eigenvalue weighted by Gasteiger charge is 2.26. The predicted molar refractivity (Wildman–Crippen MR) is 77.0 cm³/mol. The molecule has 1 saturated heterocycles. The second-order valence-corrected chi connectivity index (χ2v) is 5.17. The van der Waals surface area contributed by atoms with E-state index in [0.29, 0.717) is 19.0 Å². The zero-order valence-electron chi connectivity index (χ0n) is 12.6. The molecule has 0 aliphatic carbocycles.